The molecule has 3 rings (SSSR count). The smallest absolute Gasteiger partial charge is 0.0430 e. The third-order valence-electron chi connectivity index (χ3n) is 3.37. The van der Waals surface area contributed by atoms with E-state index >= 15 is 0 Å². The molecule has 0 bridgehead atoms. The van der Waals surface area contributed by atoms with Crippen molar-refractivity contribution in [1.29, 1.82) is 0 Å². The highest BCUT2D eigenvalue weighted by atomic mass is 14.2. The molecule has 0 unspecified atom stereocenters. The van der Waals surface area contributed by atoms with Gasteiger partial charge in [-0.05, 0) is 36.1 Å². The van der Waals surface area contributed by atoms with E-state index in [0.717, 1.165) is 0 Å². The van der Waals surface area contributed by atoms with Gasteiger partial charge in [-0.1, -0.05) is 54.3 Å². The molecule has 0 aliphatic heterocycles. The van der Waals surface area contributed by atoms with E-state index in [2.05, 4.69) is 61.2 Å². The molecule has 1 fully saturated rings. The summed E-state index contributed by atoms with van der Waals surface area (Å²) in [4.78, 5) is 0. The van der Waals surface area contributed by atoms with E-state index < -0.39 is 0 Å². The minimum absolute atomic E-state index is 0.335. The summed E-state index contributed by atoms with van der Waals surface area (Å²) in [6, 6.07) is 15.1. The molecule has 0 amide bonds. The highest BCUT2D eigenvalue weighted by molar-refractivity contribution is 5.86. The van der Waals surface area contributed by atoms with Gasteiger partial charge in [0, 0.05) is 11.8 Å². The molecule has 2 aromatic rings. The van der Waals surface area contributed by atoms with Crippen LogP contribution >= 0.6 is 0 Å². The molecule has 0 nitrogen and oxygen atoms in total. The van der Waals surface area contributed by atoms with Gasteiger partial charge in [-0.3, -0.25) is 0 Å². The normalized spacial score (nSPS) is 16.3. The Morgan fingerprint density at radius 3 is 2.65 bits per heavy atom. The lowest BCUT2D eigenvalue weighted by Crippen LogP contribution is -1.91. The van der Waals surface area contributed by atoms with E-state index in [4.69, 9.17) is 0 Å². The van der Waals surface area contributed by atoms with Gasteiger partial charge in [0.1, 0.15) is 0 Å². The molecule has 0 aromatic heterocycles. The summed E-state index contributed by atoms with van der Waals surface area (Å²) in [7, 11) is 0. The molecule has 1 aliphatic rings. The molecular formula is C17H16. The highest BCUT2D eigenvalue weighted by Gasteiger charge is 2.18. The molecule has 0 heterocycles. The molecule has 1 aliphatic carbocycles. The zero-order valence-corrected chi connectivity index (χ0v) is 10.1. The predicted molar refractivity (Wildman–Crippen MR) is 72.9 cm³/mol. The Morgan fingerprint density at radius 2 is 1.82 bits per heavy atom. The summed E-state index contributed by atoms with van der Waals surface area (Å²) < 4.78 is 0. The van der Waals surface area contributed by atoms with Gasteiger partial charge in [0.05, 0.1) is 0 Å². The van der Waals surface area contributed by atoms with Gasteiger partial charge in [0.15, 0.2) is 0 Å². The first-order valence-electron chi connectivity index (χ1n) is 6.33. The second-order valence-electron chi connectivity index (χ2n) is 4.85. The molecule has 84 valence electrons. The fourth-order valence-corrected chi connectivity index (χ4v) is 2.18. The molecule has 1 saturated carbocycles. The summed E-state index contributed by atoms with van der Waals surface area (Å²) in [6.07, 6.45) is 2.60. The Labute approximate surface area is 103 Å². The van der Waals surface area contributed by atoms with E-state index in [9.17, 15) is 0 Å². The largest absolute Gasteiger partial charge is 0.0993 e. The van der Waals surface area contributed by atoms with E-state index in [1.54, 1.807) is 0 Å². The van der Waals surface area contributed by atoms with Crippen molar-refractivity contribution in [2.75, 3.05) is 0 Å². The van der Waals surface area contributed by atoms with Gasteiger partial charge in [-0.15, -0.1) is 0 Å². The summed E-state index contributed by atoms with van der Waals surface area (Å²) in [5.74, 6) is 7.79. The molecule has 0 N–H and O–H groups in total. The second-order valence-corrected chi connectivity index (χ2v) is 4.85. The van der Waals surface area contributed by atoms with Crippen LogP contribution in [0.1, 0.15) is 31.2 Å². The van der Waals surface area contributed by atoms with E-state index in [1.807, 2.05) is 0 Å². The Hall–Kier alpha value is -1.74. The molecule has 0 spiro atoms. The number of fused-ring (bicyclic) bond motifs is 1. The molecule has 0 saturated heterocycles. The molecule has 1 atom stereocenters. The first-order valence-corrected chi connectivity index (χ1v) is 6.33. The molecule has 0 radical (unpaired) electrons. The minimum Gasteiger partial charge on any atom is -0.0993 e. The fourth-order valence-electron chi connectivity index (χ4n) is 2.18. The Bertz CT molecular complexity index is 589. The van der Waals surface area contributed by atoms with Crippen LogP contribution in [-0.2, 0) is 0 Å². The summed E-state index contributed by atoms with van der Waals surface area (Å²) in [5.41, 5.74) is 1.36. The third-order valence-corrected chi connectivity index (χ3v) is 3.37. The van der Waals surface area contributed by atoms with Crippen molar-refractivity contribution < 1.29 is 0 Å². The van der Waals surface area contributed by atoms with Crippen LogP contribution in [-0.4, -0.2) is 0 Å². The number of rotatable bonds is 1. The summed E-state index contributed by atoms with van der Waals surface area (Å²) >= 11 is 0. The highest BCUT2D eigenvalue weighted by Crippen LogP contribution is 2.29. The average molecular weight is 220 g/mol. The number of hydrogen-bond donors (Lipinski definition) is 0. The Morgan fingerprint density at radius 1 is 1.06 bits per heavy atom. The van der Waals surface area contributed by atoms with E-state index in [1.165, 1.54) is 29.2 Å². The van der Waals surface area contributed by atoms with Gasteiger partial charge in [0.2, 0.25) is 0 Å². The SMILES string of the molecule is C[C@@H](C#CC1CC1)c1cccc2ccccc12. The Balaban J connectivity index is 2.01. The molecule has 17 heavy (non-hydrogen) atoms. The summed E-state index contributed by atoms with van der Waals surface area (Å²) in [6.45, 7) is 2.21. The van der Waals surface area contributed by atoms with Gasteiger partial charge < -0.3 is 0 Å². The second kappa shape index (κ2) is 4.26. The Kier molecular flexibility index (Phi) is 2.61. The van der Waals surface area contributed by atoms with Crippen molar-refractivity contribution in [3.8, 4) is 11.8 Å². The number of benzene rings is 2. The maximum absolute atomic E-state index is 3.40. The molecular weight excluding hydrogens is 204 g/mol. The van der Waals surface area contributed by atoms with E-state index in [-0.39, 0.29) is 0 Å². The number of hydrogen-bond acceptors (Lipinski definition) is 0. The van der Waals surface area contributed by atoms with Crippen LogP contribution in [0, 0.1) is 17.8 Å². The molecule has 2 aromatic carbocycles. The summed E-state index contributed by atoms with van der Waals surface area (Å²) in [5, 5.41) is 2.65. The van der Waals surface area contributed by atoms with Gasteiger partial charge in [-0.25, -0.2) is 0 Å². The standard InChI is InChI=1S/C17H16/c1-13(9-10-14-11-12-14)16-8-4-6-15-5-2-3-7-17(15)16/h2-8,13-14H,11-12H2,1H3/t13-/m0/s1. The quantitative estimate of drug-likeness (QED) is 0.626. The zero-order valence-electron chi connectivity index (χ0n) is 10.1. The van der Waals surface area contributed by atoms with Crippen molar-refractivity contribution in [3.05, 3.63) is 48.0 Å². The lowest BCUT2D eigenvalue weighted by molar-refractivity contribution is 1.01. The van der Waals surface area contributed by atoms with Crippen LogP contribution in [0.5, 0.6) is 0 Å². The van der Waals surface area contributed by atoms with Crippen LogP contribution in [0.2, 0.25) is 0 Å². The van der Waals surface area contributed by atoms with E-state index in [0.29, 0.717) is 11.8 Å². The minimum atomic E-state index is 0.335. The van der Waals surface area contributed by atoms with Gasteiger partial charge in [0.25, 0.3) is 0 Å². The van der Waals surface area contributed by atoms with Crippen LogP contribution in [0.15, 0.2) is 42.5 Å². The maximum Gasteiger partial charge on any atom is 0.0430 e. The van der Waals surface area contributed by atoms with Crippen molar-refractivity contribution in [2.45, 2.75) is 25.7 Å². The maximum atomic E-state index is 3.40. The zero-order chi connectivity index (χ0) is 11.7. The van der Waals surface area contributed by atoms with Gasteiger partial charge >= 0.3 is 0 Å². The van der Waals surface area contributed by atoms with Crippen LogP contribution < -0.4 is 0 Å². The topological polar surface area (TPSA) is 0 Å². The van der Waals surface area contributed by atoms with Crippen molar-refractivity contribution in [1.82, 2.24) is 0 Å². The monoisotopic (exact) mass is 220 g/mol. The first-order chi connectivity index (χ1) is 8.34. The van der Waals surface area contributed by atoms with Crippen molar-refractivity contribution in [2.24, 2.45) is 5.92 Å². The lowest BCUT2D eigenvalue weighted by atomic mass is 9.95. The van der Waals surface area contributed by atoms with Crippen LogP contribution in [0.4, 0.5) is 0 Å². The van der Waals surface area contributed by atoms with Gasteiger partial charge in [-0.2, -0.15) is 0 Å². The lowest BCUT2D eigenvalue weighted by Gasteiger charge is -2.08. The molecule has 0 heteroatoms. The van der Waals surface area contributed by atoms with Crippen LogP contribution in [0.25, 0.3) is 10.8 Å². The fraction of sp³-hybridized carbons (Fsp3) is 0.294. The first kappa shape index (κ1) is 10.4. The average Bonchev–Trinajstić information content (AvgIpc) is 3.19. The van der Waals surface area contributed by atoms with Crippen molar-refractivity contribution in [3.63, 3.8) is 0 Å². The van der Waals surface area contributed by atoms with Crippen molar-refractivity contribution >= 4 is 10.8 Å². The third kappa shape index (κ3) is 2.19. The van der Waals surface area contributed by atoms with Crippen LogP contribution in [0.3, 0.4) is 0 Å². The predicted octanol–water partition coefficient (Wildman–Crippen LogP) is 4.36.